The number of nitrogens with zero attached hydrogens (tertiary/aromatic N) is 3. The lowest BCUT2D eigenvalue weighted by atomic mass is 9.76. The number of likely N-dealkylation sites (tertiary alicyclic amines) is 2. The molecular formula is C27H29N3O3. The summed E-state index contributed by atoms with van der Waals surface area (Å²) in [6, 6.07) is 20.5. The van der Waals surface area contributed by atoms with Gasteiger partial charge in [-0.3, -0.25) is 19.5 Å². The fraction of sp³-hybridized carbons (Fsp3) is 0.370. The number of hydrogen-bond acceptors (Lipinski definition) is 5. The average molecular weight is 444 g/mol. The van der Waals surface area contributed by atoms with Crippen LogP contribution < -0.4 is 0 Å². The van der Waals surface area contributed by atoms with Crippen LogP contribution in [0.5, 0.6) is 0 Å². The number of esters is 1. The number of rotatable bonds is 5. The van der Waals surface area contributed by atoms with E-state index in [9.17, 15) is 9.59 Å². The summed E-state index contributed by atoms with van der Waals surface area (Å²) in [4.78, 5) is 34.7. The van der Waals surface area contributed by atoms with Crippen molar-refractivity contribution in [3.8, 4) is 0 Å². The zero-order chi connectivity index (χ0) is 22.8. The highest BCUT2D eigenvalue weighted by molar-refractivity contribution is 5.89. The third-order valence-corrected chi connectivity index (χ3v) is 7.34. The number of pyridine rings is 1. The maximum atomic E-state index is 13.2. The molecule has 1 unspecified atom stereocenters. The van der Waals surface area contributed by atoms with E-state index < -0.39 is 11.5 Å². The number of carbonyl (C=O) groups excluding carboxylic acids is 2. The van der Waals surface area contributed by atoms with Crippen LogP contribution in [0.25, 0.3) is 10.8 Å². The molecule has 2 aliphatic heterocycles. The minimum Gasteiger partial charge on any atom is -0.469 e. The molecule has 1 amide bonds. The maximum Gasteiger partial charge on any atom is 0.311 e. The Morgan fingerprint density at radius 2 is 1.79 bits per heavy atom. The highest BCUT2D eigenvalue weighted by atomic mass is 16.5. The molecule has 2 fully saturated rings. The Bertz CT molecular complexity index is 1160. The van der Waals surface area contributed by atoms with Gasteiger partial charge < -0.3 is 9.64 Å². The highest BCUT2D eigenvalue weighted by Gasteiger charge is 2.56. The molecule has 1 aromatic heterocycles. The summed E-state index contributed by atoms with van der Waals surface area (Å²) >= 11 is 0. The highest BCUT2D eigenvalue weighted by Crippen LogP contribution is 2.45. The first-order valence-electron chi connectivity index (χ1n) is 11.6. The first-order valence-corrected chi connectivity index (χ1v) is 11.6. The average Bonchev–Trinajstić information content (AvgIpc) is 3.11. The molecule has 3 aromatic rings. The molecule has 0 saturated carbocycles. The smallest absolute Gasteiger partial charge is 0.311 e. The van der Waals surface area contributed by atoms with E-state index in [-0.39, 0.29) is 18.3 Å². The van der Waals surface area contributed by atoms with E-state index in [4.69, 9.17) is 4.74 Å². The van der Waals surface area contributed by atoms with Gasteiger partial charge in [0.25, 0.3) is 0 Å². The van der Waals surface area contributed by atoms with Crippen LogP contribution in [-0.2, 0) is 27.4 Å². The van der Waals surface area contributed by atoms with Gasteiger partial charge in [-0.15, -0.1) is 0 Å². The molecule has 3 heterocycles. The van der Waals surface area contributed by atoms with E-state index in [1.54, 1.807) is 0 Å². The Labute approximate surface area is 194 Å². The second kappa shape index (κ2) is 8.94. The van der Waals surface area contributed by atoms with Gasteiger partial charge in [0.15, 0.2) is 0 Å². The van der Waals surface area contributed by atoms with E-state index >= 15 is 0 Å². The van der Waals surface area contributed by atoms with Crippen molar-refractivity contribution in [1.29, 1.82) is 0 Å². The number of fused-ring (bicyclic) bond motifs is 1. The number of hydrogen-bond donors (Lipinski definition) is 0. The van der Waals surface area contributed by atoms with Gasteiger partial charge in [0.1, 0.15) is 0 Å². The summed E-state index contributed by atoms with van der Waals surface area (Å²) in [5, 5.41) is 2.34. The van der Waals surface area contributed by atoms with E-state index in [2.05, 4.69) is 40.2 Å². The summed E-state index contributed by atoms with van der Waals surface area (Å²) < 4.78 is 5.15. The SMILES string of the molecule is COC(=O)C1CC(=O)N(Cc2ccc3ccccc3c2)C12CCN(Cc1ccccn1)CC2. The van der Waals surface area contributed by atoms with Crippen molar-refractivity contribution in [1.82, 2.24) is 14.8 Å². The minimum atomic E-state index is -0.504. The van der Waals surface area contributed by atoms with Gasteiger partial charge >= 0.3 is 5.97 Å². The van der Waals surface area contributed by atoms with E-state index in [1.807, 2.05) is 41.4 Å². The Hall–Kier alpha value is -3.25. The van der Waals surface area contributed by atoms with Crippen LogP contribution in [0.15, 0.2) is 66.9 Å². The van der Waals surface area contributed by atoms with Crippen molar-refractivity contribution in [2.45, 2.75) is 37.9 Å². The summed E-state index contributed by atoms with van der Waals surface area (Å²) in [6.45, 7) is 2.91. The number of methoxy groups -OCH3 is 1. The fourth-order valence-electron chi connectivity index (χ4n) is 5.56. The minimum absolute atomic E-state index is 0.0386. The third-order valence-electron chi connectivity index (χ3n) is 7.34. The molecule has 1 atom stereocenters. The van der Waals surface area contributed by atoms with Crippen molar-refractivity contribution in [3.63, 3.8) is 0 Å². The molecule has 6 nitrogen and oxygen atoms in total. The first-order chi connectivity index (χ1) is 16.1. The zero-order valence-corrected chi connectivity index (χ0v) is 18.9. The Morgan fingerprint density at radius 1 is 1.03 bits per heavy atom. The quantitative estimate of drug-likeness (QED) is 0.562. The first kappa shape index (κ1) is 21.6. The van der Waals surface area contributed by atoms with E-state index in [0.717, 1.165) is 49.1 Å². The Morgan fingerprint density at radius 3 is 2.52 bits per heavy atom. The van der Waals surface area contributed by atoms with E-state index in [1.165, 1.54) is 12.5 Å². The van der Waals surface area contributed by atoms with Gasteiger partial charge in [-0.1, -0.05) is 42.5 Å². The summed E-state index contributed by atoms with van der Waals surface area (Å²) in [6.07, 6.45) is 3.54. The van der Waals surface area contributed by atoms with E-state index in [0.29, 0.717) is 6.54 Å². The normalized spacial score (nSPS) is 20.5. The van der Waals surface area contributed by atoms with Crippen LogP contribution in [0, 0.1) is 5.92 Å². The lowest BCUT2D eigenvalue weighted by molar-refractivity contribution is -0.150. The van der Waals surface area contributed by atoms with Crippen molar-refractivity contribution in [2.75, 3.05) is 20.2 Å². The molecule has 1 spiro atoms. The van der Waals surface area contributed by atoms with Crippen LogP contribution in [-0.4, -0.2) is 52.4 Å². The van der Waals surface area contributed by atoms with Gasteiger partial charge in [0.05, 0.1) is 24.3 Å². The van der Waals surface area contributed by atoms with Crippen molar-refractivity contribution >= 4 is 22.6 Å². The lowest BCUT2D eigenvalue weighted by Crippen LogP contribution is -2.57. The zero-order valence-electron chi connectivity index (χ0n) is 18.9. The van der Waals surface area contributed by atoms with Gasteiger partial charge in [0, 0.05) is 38.8 Å². The van der Waals surface area contributed by atoms with Gasteiger partial charge in [0.2, 0.25) is 5.91 Å². The lowest BCUT2D eigenvalue weighted by Gasteiger charge is -2.47. The molecule has 2 aromatic carbocycles. The molecule has 2 aliphatic rings. The summed E-state index contributed by atoms with van der Waals surface area (Å²) in [5.74, 6) is -0.660. The number of carbonyl (C=O) groups is 2. The van der Waals surface area contributed by atoms with Crippen LogP contribution in [0.4, 0.5) is 0 Å². The second-order valence-corrected chi connectivity index (χ2v) is 9.14. The van der Waals surface area contributed by atoms with Crippen LogP contribution in [0.3, 0.4) is 0 Å². The standard InChI is InChI=1S/C27H29N3O3/c1-33-26(32)24-17-25(31)30(18-20-9-10-21-6-2-3-7-22(21)16-20)27(24)11-14-29(15-12-27)19-23-8-4-5-13-28-23/h2-10,13,16,24H,11-12,14-15,17-19H2,1H3. The van der Waals surface area contributed by atoms with Crippen molar-refractivity contribution in [2.24, 2.45) is 5.92 Å². The number of amides is 1. The molecule has 0 bridgehead atoms. The molecule has 0 radical (unpaired) electrons. The van der Waals surface area contributed by atoms with Crippen molar-refractivity contribution in [3.05, 3.63) is 78.1 Å². The van der Waals surface area contributed by atoms with Crippen molar-refractivity contribution < 1.29 is 14.3 Å². The van der Waals surface area contributed by atoms with Crippen LogP contribution in [0.1, 0.15) is 30.5 Å². The molecule has 33 heavy (non-hydrogen) atoms. The van der Waals surface area contributed by atoms with Gasteiger partial charge in [-0.2, -0.15) is 0 Å². The number of aromatic nitrogens is 1. The number of piperidine rings is 1. The largest absolute Gasteiger partial charge is 0.469 e. The molecule has 170 valence electrons. The Balaban J connectivity index is 1.40. The summed E-state index contributed by atoms with van der Waals surface area (Å²) in [7, 11) is 1.42. The topological polar surface area (TPSA) is 62.7 Å². The molecule has 6 heteroatoms. The molecule has 2 saturated heterocycles. The van der Waals surface area contributed by atoms with Gasteiger partial charge in [-0.25, -0.2) is 0 Å². The number of benzene rings is 2. The summed E-state index contributed by atoms with van der Waals surface area (Å²) in [5.41, 5.74) is 1.62. The maximum absolute atomic E-state index is 13.2. The predicted octanol–water partition coefficient (Wildman–Crippen LogP) is 3.79. The molecule has 0 N–H and O–H groups in total. The Kier molecular flexibility index (Phi) is 5.85. The van der Waals surface area contributed by atoms with Crippen LogP contribution >= 0.6 is 0 Å². The van der Waals surface area contributed by atoms with Crippen LogP contribution in [0.2, 0.25) is 0 Å². The molecular weight excluding hydrogens is 414 g/mol. The van der Waals surface area contributed by atoms with Gasteiger partial charge in [-0.05, 0) is 47.4 Å². The monoisotopic (exact) mass is 443 g/mol. The fourth-order valence-corrected chi connectivity index (χ4v) is 5.56. The second-order valence-electron chi connectivity index (χ2n) is 9.14. The molecule has 5 rings (SSSR count). The molecule has 0 aliphatic carbocycles. The third kappa shape index (κ3) is 4.11. The number of ether oxygens (including phenoxy) is 1. The predicted molar refractivity (Wildman–Crippen MR) is 126 cm³/mol.